The Labute approximate surface area is 108 Å². The van der Waals surface area contributed by atoms with Crippen LogP contribution in [-0.2, 0) is 4.79 Å². The van der Waals surface area contributed by atoms with E-state index in [0.29, 0.717) is 6.54 Å². The number of aliphatic carboxylic acids is 1. The van der Waals surface area contributed by atoms with Gasteiger partial charge in [-0.25, -0.2) is 0 Å². The second-order valence-corrected chi connectivity index (χ2v) is 4.51. The zero-order valence-corrected chi connectivity index (χ0v) is 11.2. The van der Waals surface area contributed by atoms with Crippen molar-refractivity contribution in [2.24, 2.45) is 0 Å². The van der Waals surface area contributed by atoms with E-state index in [0.717, 1.165) is 17.7 Å². The van der Waals surface area contributed by atoms with Crippen LogP contribution in [0.2, 0.25) is 0 Å². The second-order valence-electron chi connectivity index (χ2n) is 4.51. The van der Waals surface area contributed by atoms with Gasteiger partial charge in [0.2, 0.25) is 0 Å². The molecular formula is C14H21NO3. The third kappa shape index (κ3) is 3.74. The summed E-state index contributed by atoms with van der Waals surface area (Å²) in [7, 11) is 0. The fraction of sp³-hybridized carbons (Fsp3) is 0.500. The van der Waals surface area contributed by atoms with Crippen LogP contribution in [0.5, 0.6) is 5.75 Å². The Morgan fingerprint density at radius 2 is 2.11 bits per heavy atom. The van der Waals surface area contributed by atoms with Crippen molar-refractivity contribution in [2.45, 2.75) is 33.2 Å². The number of carboxylic acids is 1. The molecule has 0 aromatic heterocycles. The SMILES string of the molecule is CCN(CCC(=O)O)C(C)c1cc(C)ccc1O. The molecule has 1 aromatic rings. The van der Waals surface area contributed by atoms with E-state index >= 15 is 0 Å². The van der Waals surface area contributed by atoms with Crippen molar-refractivity contribution in [2.75, 3.05) is 13.1 Å². The van der Waals surface area contributed by atoms with E-state index in [1.165, 1.54) is 0 Å². The quantitative estimate of drug-likeness (QED) is 0.815. The number of aryl methyl sites for hydroxylation is 1. The highest BCUT2D eigenvalue weighted by Gasteiger charge is 2.18. The zero-order chi connectivity index (χ0) is 13.7. The molecule has 0 aliphatic carbocycles. The summed E-state index contributed by atoms with van der Waals surface area (Å²) < 4.78 is 0. The molecule has 0 fully saturated rings. The number of carbonyl (C=O) groups is 1. The average Bonchev–Trinajstić information content (AvgIpc) is 2.32. The van der Waals surface area contributed by atoms with Crippen LogP contribution >= 0.6 is 0 Å². The molecule has 0 amide bonds. The van der Waals surface area contributed by atoms with Gasteiger partial charge in [-0.1, -0.05) is 24.6 Å². The monoisotopic (exact) mass is 251 g/mol. The smallest absolute Gasteiger partial charge is 0.304 e. The highest BCUT2D eigenvalue weighted by atomic mass is 16.4. The fourth-order valence-corrected chi connectivity index (χ4v) is 2.07. The lowest BCUT2D eigenvalue weighted by molar-refractivity contribution is -0.137. The van der Waals surface area contributed by atoms with Crippen LogP contribution in [0.25, 0.3) is 0 Å². The van der Waals surface area contributed by atoms with Crippen molar-refractivity contribution >= 4 is 5.97 Å². The maximum atomic E-state index is 10.6. The maximum Gasteiger partial charge on any atom is 0.304 e. The van der Waals surface area contributed by atoms with Crippen molar-refractivity contribution in [3.8, 4) is 5.75 Å². The first-order valence-corrected chi connectivity index (χ1v) is 6.21. The molecule has 18 heavy (non-hydrogen) atoms. The molecule has 100 valence electrons. The van der Waals surface area contributed by atoms with E-state index in [4.69, 9.17) is 5.11 Å². The molecule has 1 rings (SSSR count). The summed E-state index contributed by atoms with van der Waals surface area (Å²) >= 11 is 0. The van der Waals surface area contributed by atoms with E-state index in [9.17, 15) is 9.90 Å². The Balaban J connectivity index is 2.85. The van der Waals surface area contributed by atoms with Crippen LogP contribution in [0.1, 0.15) is 37.4 Å². The largest absolute Gasteiger partial charge is 0.508 e. The lowest BCUT2D eigenvalue weighted by Crippen LogP contribution is -2.29. The van der Waals surface area contributed by atoms with Gasteiger partial charge in [0.1, 0.15) is 5.75 Å². The Hall–Kier alpha value is -1.55. The van der Waals surface area contributed by atoms with Crippen molar-refractivity contribution in [1.29, 1.82) is 0 Å². The summed E-state index contributed by atoms with van der Waals surface area (Å²) in [4.78, 5) is 12.7. The van der Waals surface area contributed by atoms with Crippen LogP contribution in [0.15, 0.2) is 18.2 Å². The Morgan fingerprint density at radius 1 is 1.44 bits per heavy atom. The molecule has 1 aromatic carbocycles. The van der Waals surface area contributed by atoms with Crippen LogP contribution in [0.3, 0.4) is 0 Å². The highest BCUT2D eigenvalue weighted by molar-refractivity contribution is 5.66. The molecule has 1 atom stereocenters. The third-order valence-electron chi connectivity index (χ3n) is 3.20. The number of hydrogen-bond donors (Lipinski definition) is 2. The average molecular weight is 251 g/mol. The van der Waals surface area contributed by atoms with E-state index in [2.05, 4.69) is 0 Å². The van der Waals surface area contributed by atoms with Gasteiger partial charge in [0.05, 0.1) is 6.42 Å². The number of phenols is 1. The van der Waals surface area contributed by atoms with Gasteiger partial charge in [0.25, 0.3) is 0 Å². The van der Waals surface area contributed by atoms with Gasteiger partial charge in [0.15, 0.2) is 0 Å². The first-order chi connectivity index (χ1) is 8.45. The summed E-state index contributed by atoms with van der Waals surface area (Å²) in [5.74, 6) is -0.531. The molecule has 0 heterocycles. The van der Waals surface area contributed by atoms with Gasteiger partial charge in [-0.05, 0) is 26.5 Å². The molecule has 0 bridgehead atoms. The number of nitrogens with zero attached hydrogens (tertiary/aromatic N) is 1. The van der Waals surface area contributed by atoms with Crippen LogP contribution < -0.4 is 0 Å². The molecular weight excluding hydrogens is 230 g/mol. The lowest BCUT2D eigenvalue weighted by atomic mass is 10.0. The highest BCUT2D eigenvalue weighted by Crippen LogP contribution is 2.29. The number of hydrogen-bond acceptors (Lipinski definition) is 3. The number of rotatable bonds is 6. The Kier molecular flexibility index (Phi) is 5.16. The van der Waals surface area contributed by atoms with Crippen LogP contribution in [0, 0.1) is 6.92 Å². The summed E-state index contributed by atoms with van der Waals surface area (Å²) in [6.45, 7) is 7.19. The zero-order valence-electron chi connectivity index (χ0n) is 11.2. The predicted octanol–water partition coefficient (Wildman–Crippen LogP) is 2.56. The van der Waals surface area contributed by atoms with E-state index < -0.39 is 5.97 Å². The van der Waals surface area contributed by atoms with Crippen molar-refractivity contribution < 1.29 is 15.0 Å². The summed E-state index contributed by atoms with van der Waals surface area (Å²) in [5, 5.41) is 18.6. The van der Waals surface area contributed by atoms with E-state index in [1.54, 1.807) is 6.07 Å². The molecule has 0 radical (unpaired) electrons. The van der Waals surface area contributed by atoms with E-state index in [-0.39, 0.29) is 18.2 Å². The van der Waals surface area contributed by atoms with Crippen molar-refractivity contribution in [3.63, 3.8) is 0 Å². The Morgan fingerprint density at radius 3 is 2.67 bits per heavy atom. The minimum absolute atomic E-state index is 0.00856. The number of aromatic hydroxyl groups is 1. The number of phenolic OH excluding ortho intramolecular Hbond substituents is 1. The topological polar surface area (TPSA) is 60.8 Å². The molecule has 0 saturated heterocycles. The summed E-state index contributed by atoms with van der Waals surface area (Å²) in [6, 6.07) is 5.50. The molecule has 0 spiro atoms. The molecule has 4 heteroatoms. The fourth-order valence-electron chi connectivity index (χ4n) is 2.07. The molecule has 0 aliphatic heterocycles. The van der Waals surface area contributed by atoms with Gasteiger partial charge >= 0.3 is 5.97 Å². The predicted molar refractivity (Wildman–Crippen MR) is 70.8 cm³/mol. The molecule has 4 nitrogen and oxygen atoms in total. The standard InChI is InChI=1S/C14H21NO3/c1-4-15(8-7-14(17)18)11(3)12-9-10(2)5-6-13(12)16/h5-6,9,11,16H,4,7-8H2,1-3H3,(H,17,18). The summed E-state index contributed by atoms with van der Waals surface area (Å²) in [6.07, 6.45) is 0.116. The molecule has 0 aliphatic rings. The third-order valence-corrected chi connectivity index (χ3v) is 3.20. The van der Waals surface area contributed by atoms with Gasteiger partial charge < -0.3 is 10.2 Å². The van der Waals surface area contributed by atoms with Crippen LogP contribution in [0.4, 0.5) is 0 Å². The maximum absolute atomic E-state index is 10.6. The van der Waals surface area contributed by atoms with Gasteiger partial charge in [-0.2, -0.15) is 0 Å². The Bertz CT molecular complexity index is 418. The van der Waals surface area contributed by atoms with Gasteiger partial charge in [0, 0.05) is 18.2 Å². The first-order valence-electron chi connectivity index (χ1n) is 6.21. The number of carboxylic acid groups (broad SMARTS) is 1. The second kappa shape index (κ2) is 6.40. The molecule has 0 saturated carbocycles. The lowest BCUT2D eigenvalue weighted by Gasteiger charge is -2.28. The minimum atomic E-state index is -0.797. The first kappa shape index (κ1) is 14.5. The van der Waals surface area contributed by atoms with Gasteiger partial charge in [-0.3, -0.25) is 9.69 Å². The minimum Gasteiger partial charge on any atom is -0.508 e. The number of benzene rings is 1. The van der Waals surface area contributed by atoms with Crippen molar-refractivity contribution in [1.82, 2.24) is 4.90 Å². The molecule has 2 N–H and O–H groups in total. The summed E-state index contributed by atoms with van der Waals surface area (Å²) in [5.41, 5.74) is 1.94. The molecule has 1 unspecified atom stereocenters. The van der Waals surface area contributed by atoms with Gasteiger partial charge in [-0.15, -0.1) is 0 Å². The normalized spacial score (nSPS) is 12.7. The van der Waals surface area contributed by atoms with Crippen LogP contribution in [-0.4, -0.2) is 34.2 Å². The van der Waals surface area contributed by atoms with Crippen molar-refractivity contribution in [3.05, 3.63) is 29.3 Å². The van der Waals surface area contributed by atoms with E-state index in [1.807, 2.05) is 37.8 Å².